The van der Waals surface area contributed by atoms with Crippen molar-refractivity contribution in [1.82, 2.24) is 20.4 Å². The van der Waals surface area contributed by atoms with Crippen molar-refractivity contribution in [3.8, 4) is 0 Å². The third-order valence-corrected chi connectivity index (χ3v) is 2.50. The normalized spacial score (nSPS) is 21.1. The Morgan fingerprint density at radius 3 is 3.29 bits per heavy atom. The minimum absolute atomic E-state index is 0.0654. The first-order valence-corrected chi connectivity index (χ1v) is 5.33. The molecule has 1 amide bonds. The summed E-state index contributed by atoms with van der Waals surface area (Å²) < 4.78 is 5.21. The highest BCUT2D eigenvalue weighted by Gasteiger charge is 2.24. The van der Waals surface area contributed by atoms with E-state index in [-0.39, 0.29) is 18.6 Å². The zero-order valence-electron chi connectivity index (χ0n) is 9.24. The van der Waals surface area contributed by atoms with E-state index < -0.39 is 0 Å². The number of aromatic nitrogens is 2. The molecule has 1 aromatic heterocycles. The van der Waals surface area contributed by atoms with Crippen LogP contribution >= 0.6 is 0 Å². The van der Waals surface area contributed by atoms with Gasteiger partial charge in [0, 0.05) is 12.7 Å². The third kappa shape index (κ3) is 2.96. The molecule has 1 saturated heterocycles. The number of ether oxygens (including phenoxy) is 1. The fourth-order valence-corrected chi connectivity index (χ4v) is 1.57. The van der Waals surface area contributed by atoms with Crippen LogP contribution in [0.1, 0.15) is 10.5 Å². The average Bonchev–Trinajstić information content (AvgIpc) is 2.40. The summed E-state index contributed by atoms with van der Waals surface area (Å²) in [6, 6.07) is 1.32. The summed E-state index contributed by atoms with van der Waals surface area (Å²) in [7, 11) is 0. The Morgan fingerprint density at radius 2 is 2.59 bits per heavy atom. The molecule has 7 nitrogen and oxygen atoms in total. The van der Waals surface area contributed by atoms with Crippen molar-refractivity contribution >= 4 is 5.91 Å². The van der Waals surface area contributed by atoms with Crippen molar-refractivity contribution in [3.05, 3.63) is 24.3 Å². The van der Waals surface area contributed by atoms with Crippen molar-refractivity contribution in [2.45, 2.75) is 6.04 Å². The number of rotatable bonds is 3. The van der Waals surface area contributed by atoms with Crippen LogP contribution in [0, 0.1) is 0 Å². The molecule has 92 valence electrons. The zero-order chi connectivity index (χ0) is 12.1. The monoisotopic (exact) mass is 238 g/mol. The summed E-state index contributed by atoms with van der Waals surface area (Å²) in [6.07, 6.45) is 2.82. The van der Waals surface area contributed by atoms with Gasteiger partial charge in [-0.25, -0.2) is 15.0 Å². The van der Waals surface area contributed by atoms with Crippen LogP contribution in [-0.2, 0) is 4.74 Å². The minimum atomic E-state index is -0.312. The number of aliphatic hydroxyl groups excluding tert-OH is 1. The molecule has 1 unspecified atom stereocenters. The van der Waals surface area contributed by atoms with Gasteiger partial charge in [0.15, 0.2) is 0 Å². The lowest BCUT2D eigenvalue weighted by molar-refractivity contribution is -0.0472. The van der Waals surface area contributed by atoms with Crippen molar-refractivity contribution in [3.63, 3.8) is 0 Å². The number of carbonyl (C=O) groups excluding carboxylic acids is 1. The summed E-state index contributed by atoms with van der Waals surface area (Å²) in [5.74, 6) is -0.312. The summed E-state index contributed by atoms with van der Waals surface area (Å²) in [5, 5.41) is 10.8. The van der Waals surface area contributed by atoms with Gasteiger partial charge in [0.25, 0.3) is 5.91 Å². The number of nitrogens with one attached hydrogen (secondary N) is 1. The highest BCUT2D eigenvalue weighted by molar-refractivity contribution is 5.91. The van der Waals surface area contributed by atoms with E-state index in [0.29, 0.717) is 25.5 Å². The van der Waals surface area contributed by atoms with Gasteiger partial charge in [-0.15, -0.1) is 0 Å². The first kappa shape index (κ1) is 11.9. The van der Waals surface area contributed by atoms with Gasteiger partial charge in [-0.3, -0.25) is 10.2 Å². The Bertz CT molecular complexity index is 373. The summed E-state index contributed by atoms with van der Waals surface area (Å²) in [4.78, 5) is 19.4. The van der Waals surface area contributed by atoms with Crippen LogP contribution in [0.15, 0.2) is 18.6 Å². The molecule has 0 aliphatic carbocycles. The number of hydrogen-bond donors (Lipinski definition) is 2. The lowest BCUT2D eigenvalue weighted by Gasteiger charge is -2.34. The van der Waals surface area contributed by atoms with E-state index in [9.17, 15) is 4.79 Å². The Hall–Kier alpha value is -1.57. The van der Waals surface area contributed by atoms with E-state index in [2.05, 4.69) is 15.4 Å². The van der Waals surface area contributed by atoms with Crippen LogP contribution in [0.2, 0.25) is 0 Å². The van der Waals surface area contributed by atoms with Crippen molar-refractivity contribution in [2.24, 2.45) is 0 Å². The fourth-order valence-electron chi connectivity index (χ4n) is 1.57. The van der Waals surface area contributed by atoms with E-state index in [0.717, 1.165) is 0 Å². The Balaban J connectivity index is 1.98. The Kier molecular flexibility index (Phi) is 3.97. The van der Waals surface area contributed by atoms with Gasteiger partial charge in [0.05, 0.1) is 25.9 Å². The van der Waals surface area contributed by atoms with E-state index in [4.69, 9.17) is 9.84 Å². The van der Waals surface area contributed by atoms with E-state index in [1.807, 2.05) is 0 Å². The molecule has 1 atom stereocenters. The molecule has 1 fully saturated rings. The molecule has 1 aliphatic rings. The smallest absolute Gasteiger partial charge is 0.284 e. The maximum atomic E-state index is 11.8. The highest BCUT2D eigenvalue weighted by atomic mass is 16.5. The van der Waals surface area contributed by atoms with Crippen LogP contribution in [0.3, 0.4) is 0 Å². The predicted octanol–water partition coefficient (Wildman–Crippen LogP) is -1.19. The number of amides is 1. The van der Waals surface area contributed by atoms with E-state index in [1.165, 1.54) is 18.6 Å². The SMILES string of the molecule is O=C(NN1CCOCC1CO)c1ccncn1. The maximum absolute atomic E-state index is 11.8. The number of carbonyl (C=O) groups is 1. The number of aliphatic hydroxyl groups is 1. The molecule has 2 rings (SSSR count). The maximum Gasteiger partial charge on any atom is 0.284 e. The first-order valence-electron chi connectivity index (χ1n) is 5.33. The second-order valence-corrected chi connectivity index (χ2v) is 3.64. The van der Waals surface area contributed by atoms with Gasteiger partial charge in [0.1, 0.15) is 12.0 Å². The topological polar surface area (TPSA) is 87.6 Å². The van der Waals surface area contributed by atoms with Crippen LogP contribution in [-0.4, -0.2) is 58.4 Å². The van der Waals surface area contributed by atoms with Crippen molar-refractivity contribution in [1.29, 1.82) is 0 Å². The van der Waals surface area contributed by atoms with Crippen LogP contribution in [0.5, 0.6) is 0 Å². The van der Waals surface area contributed by atoms with Crippen molar-refractivity contribution in [2.75, 3.05) is 26.4 Å². The van der Waals surface area contributed by atoms with Gasteiger partial charge in [-0.2, -0.15) is 0 Å². The van der Waals surface area contributed by atoms with Gasteiger partial charge >= 0.3 is 0 Å². The summed E-state index contributed by atoms with van der Waals surface area (Å²) in [6.45, 7) is 1.41. The fraction of sp³-hybridized carbons (Fsp3) is 0.500. The molecule has 7 heteroatoms. The average molecular weight is 238 g/mol. The molecule has 0 spiro atoms. The van der Waals surface area contributed by atoms with Crippen LogP contribution in [0.4, 0.5) is 0 Å². The molecule has 2 N–H and O–H groups in total. The van der Waals surface area contributed by atoms with E-state index >= 15 is 0 Å². The Labute approximate surface area is 98.4 Å². The highest BCUT2D eigenvalue weighted by Crippen LogP contribution is 2.04. The van der Waals surface area contributed by atoms with E-state index in [1.54, 1.807) is 5.01 Å². The molecule has 2 heterocycles. The third-order valence-electron chi connectivity index (χ3n) is 2.50. The quantitative estimate of drug-likeness (QED) is 0.689. The first-order chi connectivity index (χ1) is 8.31. The van der Waals surface area contributed by atoms with Gasteiger partial charge in [-0.1, -0.05) is 0 Å². The zero-order valence-corrected chi connectivity index (χ0v) is 9.24. The molecule has 1 aromatic rings. The summed E-state index contributed by atoms with van der Waals surface area (Å²) in [5.41, 5.74) is 2.99. The lowest BCUT2D eigenvalue weighted by atomic mass is 10.3. The van der Waals surface area contributed by atoms with Crippen LogP contribution in [0.25, 0.3) is 0 Å². The number of hydrogen-bond acceptors (Lipinski definition) is 6. The molecular formula is C10H14N4O3. The van der Waals surface area contributed by atoms with Gasteiger partial charge < -0.3 is 9.84 Å². The minimum Gasteiger partial charge on any atom is -0.395 e. The second-order valence-electron chi connectivity index (χ2n) is 3.64. The molecule has 0 saturated carbocycles. The van der Waals surface area contributed by atoms with Crippen LogP contribution < -0.4 is 5.43 Å². The Morgan fingerprint density at radius 1 is 1.71 bits per heavy atom. The number of nitrogens with zero attached hydrogens (tertiary/aromatic N) is 3. The lowest BCUT2D eigenvalue weighted by Crippen LogP contribution is -2.56. The number of morpholine rings is 1. The largest absolute Gasteiger partial charge is 0.395 e. The molecular weight excluding hydrogens is 224 g/mol. The second kappa shape index (κ2) is 5.67. The molecule has 0 aromatic carbocycles. The van der Waals surface area contributed by atoms with Gasteiger partial charge in [0.2, 0.25) is 0 Å². The number of hydrazine groups is 1. The summed E-state index contributed by atoms with van der Waals surface area (Å²) >= 11 is 0. The molecule has 0 radical (unpaired) electrons. The molecule has 0 bridgehead atoms. The standard InChI is InChI=1S/C10H14N4O3/c15-5-8-6-17-4-3-14(8)13-10(16)9-1-2-11-7-12-9/h1-2,7-8,15H,3-6H2,(H,13,16). The van der Waals surface area contributed by atoms with Gasteiger partial charge in [-0.05, 0) is 6.07 Å². The molecule has 17 heavy (non-hydrogen) atoms. The molecule has 1 aliphatic heterocycles. The predicted molar refractivity (Wildman–Crippen MR) is 57.9 cm³/mol. The van der Waals surface area contributed by atoms with Crippen molar-refractivity contribution < 1.29 is 14.6 Å².